The molecule has 2 amide bonds. The number of carbonyl (C=O) groups is 2. The maximum absolute atomic E-state index is 11.5. The topological polar surface area (TPSA) is 62.6 Å². The SMILES string of the molecule is C[NH+](C)CCC(=O)NNC(=O)/C=C/c1ccc(Cl)c(Cl)c1. The molecule has 0 aromatic heterocycles. The summed E-state index contributed by atoms with van der Waals surface area (Å²) in [4.78, 5) is 24.1. The minimum atomic E-state index is -0.424. The van der Waals surface area contributed by atoms with Gasteiger partial charge in [-0.2, -0.15) is 0 Å². The number of amides is 2. The van der Waals surface area contributed by atoms with Crippen molar-refractivity contribution in [2.45, 2.75) is 6.42 Å². The van der Waals surface area contributed by atoms with Gasteiger partial charge in [-0.3, -0.25) is 20.4 Å². The molecular formula is C14H18Cl2N3O2+. The first-order valence-corrected chi connectivity index (χ1v) is 7.15. The van der Waals surface area contributed by atoms with Crippen LogP contribution in [-0.2, 0) is 9.59 Å². The minimum absolute atomic E-state index is 0.229. The second kappa shape index (κ2) is 8.67. The number of nitrogens with one attached hydrogen (secondary N) is 3. The van der Waals surface area contributed by atoms with Crippen molar-refractivity contribution >= 4 is 41.1 Å². The summed E-state index contributed by atoms with van der Waals surface area (Å²) < 4.78 is 0. The number of carbonyl (C=O) groups excluding carboxylic acids is 2. The number of quaternary nitrogens is 1. The van der Waals surface area contributed by atoms with Crippen molar-refractivity contribution in [1.29, 1.82) is 0 Å². The Balaban J connectivity index is 2.41. The van der Waals surface area contributed by atoms with Crippen LogP contribution in [0.5, 0.6) is 0 Å². The van der Waals surface area contributed by atoms with E-state index in [2.05, 4.69) is 10.9 Å². The average molecular weight is 331 g/mol. The van der Waals surface area contributed by atoms with Crippen LogP contribution >= 0.6 is 23.2 Å². The fourth-order valence-electron chi connectivity index (χ4n) is 1.39. The van der Waals surface area contributed by atoms with Crippen molar-refractivity contribution < 1.29 is 14.5 Å². The normalized spacial score (nSPS) is 10.9. The summed E-state index contributed by atoms with van der Waals surface area (Å²) in [6.07, 6.45) is 3.23. The van der Waals surface area contributed by atoms with Crippen LogP contribution in [0.1, 0.15) is 12.0 Å². The second-order valence-corrected chi connectivity index (χ2v) is 5.57. The third-order valence-corrected chi connectivity index (χ3v) is 3.29. The van der Waals surface area contributed by atoms with Gasteiger partial charge in [-0.05, 0) is 23.8 Å². The molecule has 0 aliphatic rings. The number of hydrogen-bond acceptors (Lipinski definition) is 2. The molecule has 0 fully saturated rings. The maximum atomic E-state index is 11.5. The van der Waals surface area contributed by atoms with Crippen molar-refractivity contribution in [2.75, 3.05) is 20.6 Å². The van der Waals surface area contributed by atoms with Gasteiger partial charge >= 0.3 is 0 Å². The molecule has 0 radical (unpaired) electrons. The fourth-order valence-corrected chi connectivity index (χ4v) is 1.69. The number of rotatable bonds is 5. The summed E-state index contributed by atoms with van der Waals surface area (Å²) in [5.41, 5.74) is 5.39. The Hall–Kier alpha value is -1.56. The van der Waals surface area contributed by atoms with Crippen LogP contribution in [0, 0.1) is 0 Å². The van der Waals surface area contributed by atoms with E-state index < -0.39 is 5.91 Å². The Bertz CT molecular complexity index is 545. The van der Waals surface area contributed by atoms with E-state index in [1.807, 2.05) is 14.1 Å². The Morgan fingerprint density at radius 2 is 1.90 bits per heavy atom. The molecule has 7 heteroatoms. The van der Waals surface area contributed by atoms with Gasteiger partial charge < -0.3 is 4.90 Å². The third kappa shape index (κ3) is 7.13. The first-order valence-electron chi connectivity index (χ1n) is 6.39. The number of benzene rings is 1. The highest BCUT2D eigenvalue weighted by molar-refractivity contribution is 6.42. The predicted molar refractivity (Wildman–Crippen MR) is 84.1 cm³/mol. The molecule has 5 nitrogen and oxygen atoms in total. The fraction of sp³-hybridized carbons (Fsp3) is 0.286. The van der Waals surface area contributed by atoms with Gasteiger partial charge in [0.05, 0.1) is 37.1 Å². The maximum Gasteiger partial charge on any atom is 0.262 e. The molecular weight excluding hydrogens is 313 g/mol. The molecule has 0 saturated carbocycles. The van der Waals surface area contributed by atoms with Gasteiger partial charge in [0.1, 0.15) is 0 Å². The monoisotopic (exact) mass is 330 g/mol. The predicted octanol–water partition coefficient (Wildman–Crippen LogP) is 0.689. The molecule has 1 aromatic carbocycles. The summed E-state index contributed by atoms with van der Waals surface area (Å²) in [6, 6.07) is 5.02. The zero-order valence-corrected chi connectivity index (χ0v) is 13.4. The van der Waals surface area contributed by atoms with Gasteiger partial charge in [-0.25, -0.2) is 0 Å². The van der Waals surface area contributed by atoms with E-state index in [-0.39, 0.29) is 5.91 Å². The number of halogens is 2. The Kier molecular flexibility index (Phi) is 7.22. The van der Waals surface area contributed by atoms with Crippen LogP contribution in [0.3, 0.4) is 0 Å². The summed E-state index contributed by atoms with van der Waals surface area (Å²) >= 11 is 11.7. The summed E-state index contributed by atoms with van der Waals surface area (Å²) in [6.45, 7) is 0.695. The zero-order valence-electron chi connectivity index (χ0n) is 11.9. The summed E-state index contributed by atoms with van der Waals surface area (Å²) in [5.74, 6) is -0.654. The van der Waals surface area contributed by atoms with Gasteiger partial charge in [0.2, 0.25) is 5.91 Å². The van der Waals surface area contributed by atoms with Gasteiger partial charge in [-0.15, -0.1) is 0 Å². The van der Waals surface area contributed by atoms with E-state index in [1.165, 1.54) is 6.08 Å². The smallest absolute Gasteiger partial charge is 0.262 e. The van der Waals surface area contributed by atoms with E-state index in [1.54, 1.807) is 24.3 Å². The van der Waals surface area contributed by atoms with Gasteiger partial charge in [0.25, 0.3) is 5.91 Å². The Labute approximate surface area is 133 Å². The van der Waals surface area contributed by atoms with Crippen molar-refractivity contribution in [3.8, 4) is 0 Å². The van der Waals surface area contributed by atoms with E-state index in [9.17, 15) is 9.59 Å². The molecule has 1 rings (SSSR count). The van der Waals surface area contributed by atoms with E-state index in [0.29, 0.717) is 23.0 Å². The quantitative estimate of drug-likeness (QED) is 0.549. The molecule has 0 heterocycles. The van der Waals surface area contributed by atoms with Crippen LogP contribution in [0.2, 0.25) is 10.0 Å². The van der Waals surface area contributed by atoms with E-state index in [4.69, 9.17) is 23.2 Å². The zero-order chi connectivity index (χ0) is 15.8. The van der Waals surface area contributed by atoms with Crippen LogP contribution < -0.4 is 15.8 Å². The molecule has 3 N–H and O–H groups in total. The first-order chi connectivity index (χ1) is 9.88. The van der Waals surface area contributed by atoms with Gasteiger partial charge in [-0.1, -0.05) is 29.3 Å². The Morgan fingerprint density at radius 3 is 2.52 bits per heavy atom. The standard InChI is InChI=1S/C14H17Cl2N3O2/c1-19(2)8-7-14(21)18-17-13(20)6-4-10-3-5-11(15)12(16)9-10/h3-6,9H,7-8H2,1-2H3,(H,17,20)(H,18,21)/p+1/b6-4+. The summed E-state index contributed by atoms with van der Waals surface area (Å²) in [7, 11) is 3.90. The highest BCUT2D eigenvalue weighted by Gasteiger charge is 2.04. The average Bonchev–Trinajstić information content (AvgIpc) is 2.44. The van der Waals surface area contributed by atoms with E-state index in [0.717, 1.165) is 10.5 Å². The molecule has 0 aliphatic carbocycles. The molecule has 0 saturated heterocycles. The lowest BCUT2D eigenvalue weighted by Crippen LogP contribution is -3.05. The Morgan fingerprint density at radius 1 is 1.19 bits per heavy atom. The molecule has 0 bridgehead atoms. The van der Waals surface area contributed by atoms with Gasteiger partial charge in [0.15, 0.2) is 0 Å². The molecule has 1 aromatic rings. The molecule has 0 spiro atoms. The number of hydrogen-bond donors (Lipinski definition) is 3. The van der Waals surface area contributed by atoms with Crippen LogP contribution in [0.25, 0.3) is 6.08 Å². The second-order valence-electron chi connectivity index (χ2n) is 4.75. The lowest BCUT2D eigenvalue weighted by Gasteiger charge is -2.07. The molecule has 0 unspecified atom stereocenters. The van der Waals surface area contributed by atoms with E-state index >= 15 is 0 Å². The van der Waals surface area contributed by atoms with Crippen LogP contribution in [-0.4, -0.2) is 32.5 Å². The van der Waals surface area contributed by atoms with Gasteiger partial charge in [0, 0.05) is 6.08 Å². The third-order valence-electron chi connectivity index (χ3n) is 2.55. The highest BCUT2D eigenvalue weighted by atomic mass is 35.5. The lowest BCUT2D eigenvalue weighted by molar-refractivity contribution is -0.857. The lowest BCUT2D eigenvalue weighted by atomic mass is 10.2. The summed E-state index contributed by atoms with van der Waals surface area (Å²) in [5, 5.41) is 0.868. The van der Waals surface area contributed by atoms with Crippen molar-refractivity contribution in [3.63, 3.8) is 0 Å². The minimum Gasteiger partial charge on any atom is -0.339 e. The molecule has 114 valence electrons. The molecule has 21 heavy (non-hydrogen) atoms. The van der Waals surface area contributed by atoms with Crippen molar-refractivity contribution in [3.05, 3.63) is 39.9 Å². The molecule has 0 atom stereocenters. The first kappa shape index (κ1) is 17.5. The van der Waals surface area contributed by atoms with Crippen molar-refractivity contribution in [2.24, 2.45) is 0 Å². The highest BCUT2D eigenvalue weighted by Crippen LogP contribution is 2.22. The van der Waals surface area contributed by atoms with Crippen molar-refractivity contribution in [1.82, 2.24) is 10.9 Å². The van der Waals surface area contributed by atoms with Crippen LogP contribution in [0.4, 0.5) is 0 Å². The number of hydrazine groups is 1. The molecule has 0 aliphatic heterocycles. The largest absolute Gasteiger partial charge is 0.339 e. The van der Waals surface area contributed by atoms with Crippen LogP contribution in [0.15, 0.2) is 24.3 Å².